The maximum absolute atomic E-state index is 6.08. The maximum Gasteiger partial charge on any atom is 0.150 e. The van der Waals surface area contributed by atoms with Crippen LogP contribution in [-0.4, -0.2) is 9.97 Å². The third-order valence-electron chi connectivity index (χ3n) is 4.69. The summed E-state index contributed by atoms with van der Waals surface area (Å²) >= 11 is 0. The van der Waals surface area contributed by atoms with Crippen LogP contribution in [0.25, 0.3) is 21.8 Å². The lowest BCUT2D eigenvalue weighted by atomic mass is 10.1. The van der Waals surface area contributed by atoms with Gasteiger partial charge in [0.25, 0.3) is 0 Å². The quantitative estimate of drug-likeness (QED) is 0.412. The van der Waals surface area contributed by atoms with Crippen molar-refractivity contribution in [3.8, 4) is 11.8 Å². The lowest BCUT2D eigenvalue weighted by Crippen LogP contribution is -1.95. The Morgan fingerprint density at radius 1 is 0.926 bits per heavy atom. The molecule has 0 fully saturated rings. The summed E-state index contributed by atoms with van der Waals surface area (Å²) in [6.07, 6.45) is 5.32. The minimum absolute atomic E-state index is 0.450. The van der Waals surface area contributed by atoms with Crippen molar-refractivity contribution in [3.63, 3.8) is 0 Å². The summed E-state index contributed by atoms with van der Waals surface area (Å²) in [6.45, 7) is 2.21. The number of nitrogens with zero attached hydrogens (tertiary/aromatic N) is 2. The minimum atomic E-state index is 0.450. The highest BCUT2D eigenvalue weighted by molar-refractivity contribution is 6.08. The van der Waals surface area contributed by atoms with Gasteiger partial charge in [-0.1, -0.05) is 55.5 Å². The minimum Gasteiger partial charge on any atom is -0.382 e. The van der Waals surface area contributed by atoms with Crippen LogP contribution in [0.4, 0.5) is 5.82 Å². The molecule has 0 spiro atoms. The van der Waals surface area contributed by atoms with Crippen LogP contribution >= 0.6 is 0 Å². The number of unbranched alkanes of at least 4 members (excludes halogenated alkanes) is 1. The summed E-state index contributed by atoms with van der Waals surface area (Å²) in [4.78, 5) is 8.94. The van der Waals surface area contributed by atoms with Gasteiger partial charge in [-0.05, 0) is 42.7 Å². The molecule has 0 saturated heterocycles. The van der Waals surface area contributed by atoms with Crippen LogP contribution < -0.4 is 5.73 Å². The zero-order valence-electron chi connectivity index (χ0n) is 15.4. The number of anilines is 1. The molecule has 0 aliphatic carbocycles. The molecule has 4 aromatic rings. The second kappa shape index (κ2) is 7.47. The van der Waals surface area contributed by atoms with E-state index in [4.69, 9.17) is 5.73 Å². The SMILES string of the molecule is CCCCc1ccc(C#Cc2cnc3c(N)nc4ccccc4c3c2)cc1. The summed E-state index contributed by atoms with van der Waals surface area (Å²) in [7, 11) is 0. The van der Waals surface area contributed by atoms with E-state index in [1.54, 1.807) is 6.20 Å². The molecular weight excluding hydrogens is 330 g/mol. The Bertz CT molecular complexity index is 1170. The Balaban J connectivity index is 1.69. The molecule has 132 valence electrons. The van der Waals surface area contributed by atoms with Crippen molar-refractivity contribution in [2.75, 3.05) is 5.73 Å². The van der Waals surface area contributed by atoms with Crippen LogP contribution in [0.5, 0.6) is 0 Å². The summed E-state index contributed by atoms with van der Waals surface area (Å²) in [5, 5.41) is 2.03. The molecule has 0 unspecified atom stereocenters. The van der Waals surface area contributed by atoms with Crippen molar-refractivity contribution in [2.24, 2.45) is 0 Å². The number of nitrogen functional groups attached to an aromatic ring is 1. The van der Waals surface area contributed by atoms with Crippen LogP contribution in [0.2, 0.25) is 0 Å². The molecular formula is C24H21N3. The van der Waals surface area contributed by atoms with Gasteiger partial charge in [0.2, 0.25) is 0 Å². The molecule has 0 radical (unpaired) electrons. The Labute approximate surface area is 159 Å². The van der Waals surface area contributed by atoms with Crippen molar-refractivity contribution in [1.82, 2.24) is 9.97 Å². The van der Waals surface area contributed by atoms with E-state index in [0.717, 1.165) is 39.4 Å². The van der Waals surface area contributed by atoms with E-state index in [-0.39, 0.29) is 0 Å². The second-order valence-corrected chi connectivity index (χ2v) is 6.68. The number of benzene rings is 2. The summed E-state index contributed by atoms with van der Waals surface area (Å²) in [5.41, 5.74) is 10.9. The van der Waals surface area contributed by atoms with Crippen molar-refractivity contribution in [2.45, 2.75) is 26.2 Å². The van der Waals surface area contributed by atoms with E-state index in [1.807, 2.05) is 30.3 Å². The highest BCUT2D eigenvalue weighted by Crippen LogP contribution is 2.26. The monoisotopic (exact) mass is 351 g/mol. The van der Waals surface area contributed by atoms with Gasteiger partial charge in [-0.15, -0.1) is 0 Å². The van der Waals surface area contributed by atoms with Crippen LogP contribution in [0, 0.1) is 11.8 Å². The number of para-hydroxylation sites is 1. The summed E-state index contributed by atoms with van der Waals surface area (Å²) in [5.74, 6) is 6.91. The zero-order chi connectivity index (χ0) is 18.6. The normalized spacial score (nSPS) is 10.7. The zero-order valence-corrected chi connectivity index (χ0v) is 15.4. The van der Waals surface area contributed by atoms with Crippen molar-refractivity contribution >= 4 is 27.6 Å². The maximum atomic E-state index is 6.08. The number of hydrogen-bond acceptors (Lipinski definition) is 3. The van der Waals surface area contributed by atoms with Crippen molar-refractivity contribution in [3.05, 3.63) is 77.5 Å². The molecule has 3 heteroatoms. The number of fused-ring (bicyclic) bond motifs is 3. The summed E-state index contributed by atoms with van der Waals surface area (Å²) in [6, 6.07) is 18.5. The lowest BCUT2D eigenvalue weighted by molar-refractivity contribution is 0.795. The van der Waals surface area contributed by atoms with Gasteiger partial charge >= 0.3 is 0 Å². The largest absolute Gasteiger partial charge is 0.382 e. The lowest BCUT2D eigenvalue weighted by Gasteiger charge is -2.05. The van der Waals surface area contributed by atoms with Crippen LogP contribution in [0.1, 0.15) is 36.5 Å². The first kappa shape index (κ1) is 17.1. The number of hydrogen-bond donors (Lipinski definition) is 1. The number of rotatable bonds is 3. The average Bonchev–Trinajstić information content (AvgIpc) is 2.71. The van der Waals surface area contributed by atoms with E-state index in [1.165, 1.54) is 18.4 Å². The van der Waals surface area contributed by atoms with Gasteiger partial charge in [0, 0.05) is 28.1 Å². The van der Waals surface area contributed by atoms with Gasteiger partial charge in [0.15, 0.2) is 5.82 Å². The smallest absolute Gasteiger partial charge is 0.150 e. The molecule has 2 heterocycles. The van der Waals surface area contributed by atoms with E-state index in [9.17, 15) is 0 Å². The summed E-state index contributed by atoms with van der Waals surface area (Å²) < 4.78 is 0. The van der Waals surface area contributed by atoms with E-state index in [2.05, 4.69) is 53.0 Å². The highest BCUT2D eigenvalue weighted by atomic mass is 14.9. The standard InChI is InChI=1S/C24H21N3/c1-2-3-6-17-9-11-18(12-10-17)13-14-19-15-21-20-7-4-5-8-22(20)27-24(25)23(21)26-16-19/h4-5,7-12,15-16H,2-3,6H2,1H3,(H2,25,27). The molecule has 2 aromatic carbocycles. The Morgan fingerprint density at radius 3 is 2.52 bits per heavy atom. The first-order valence-corrected chi connectivity index (χ1v) is 9.29. The van der Waals surface area contributed by atoms with E-state index in [0.29, 0.717) is 5.82 Å². The molecule has 0 saturated carbocycles. The molecule has 0 bridgehead atoms. The van der Waals surface area contributed by atoms with E-state index >= 15 is 0 Å². The van der Waals surface area contributed by atoms with Crippen LogP contribution in [-0.2, 0) is 6.42 Å². The third kappa shape index (κ3) is 3.61. The van der Waals surface area contributed by atoms with Crippen molar-refractivity contribution < 1.29 is 0 Å². The highest BCUT2D eigenvalue weighted by Gasteiger charge is 2.07. The van der Waals surface area contributed by atoms with Gasteiger partial charge in [-0.25, -0.2) is 4.98 Å². The molecule has 27 heavy (non-hydrogen) atoms. The van der Waals surface area contributed by atoms with Gasteiger partial charge in [-0.2, -0.15) is 0 Å². The van der Waals surface area contributed by atoms with Gasteiger partial charge in [-0.3, -0.25) is 4.98 Å². The molecule has 0 aliphatic rings. The molecule has 0 aliphatic heterocycles. The number of aryl methyl sites for hydroxylation is 1. The Morgan fingerprint density at radius 2 is 1.70 bits per heavy atom. The topological polar surface area (TPSA) is 51.8 Å². The predicted octanol–water partition coefficient (Wildman–Crippen LogP) is 5.11. The number of nitrogens with two attached hydrogens (primary N) is 1. The van der Waals surface area contributed by atoms with Gasteiger partial charge in [0.05, 0.1) is 5.52 Å². The van der Waals surface area contributed by atoms with Crippen molar-refractivity contribution in [1.29, 1.82) is 0 Å². The molecule has 2 N–H and O–H groups in total. The predicted molar refractivity (Wildman–Crippen MR) is 112 cm³/mol. The molecule has 0 atom stereocenters. The van der Waals surface area contributed by atoms with Crippen LogP contribution in [0.3, 0.4) is 0 Å². The van der Waals surface area contributed by atoms with Crippen LogP contribution in [0.15, 0.2) is 60.8 Å². The Kier molecular flexibility index (Phi) is 4.72. The third-order valence-corrected chi connectivity index (χ3v) is 4.69. The molecule has 3 nitrogen and oxygen atoms in total. The molecule has 4 rings (SSSR count). The fourth-order valence-corrected chi connectivity index (χ4v) is 3.20. The number of pyridine rings is 2. The van der Waals surface area contributed by atoms with Gasteiger partial charge < -0.3 is 5.73 Å². The fourth-order valence-electron chi connectivity index (χ4n) is 3.20. The Hall–Kier alpha value is -3.38. The van der Waals surface area contributed by atoms with Gasteiger partial charge in [0.1, 0.15) is 5.52 Å². The fraction of sp³-hybridized carbons (Fsp3) is 0.167. The second-order valence-electron chi connectivity index (χ2n) is 6.68. The molecule has 2 aromatic heterocycles. The molecule has 0 amide bonds. The first-order valence-electron chi connectivity index (χ1n) is 9.29. The first-order chi connectivity index (χ1) is 13.2. The number of aromatic nitrogens is 2. The average molecular weight is 351 g/mol. The van der Waals surface area contributed by atoms with E-state index < -0.39 is 0 Å².